The fourth-order valence-corrected chi connectivity index (χ4v) is 3.03. The van der Waals surface area contributed by atoms with Crippen LogP contribution in [0.4, 0.5) is 0 Å². The average molecular weight is 282 g/mol. The molecule has 0 aliphatic heterocycles. The Bertz CT molecular complexity index is 521. The standard InChI is InChI=1S/C14H22N2O2S/c1-10(12-4-3-5-12)16-11(2)13-6-8-14(9-7-13)19(15,17)18/h6-12,16H,3-5H2,1-2H3,(H2,15,17,18). The molecule has 106 valence electrons. The van der Waals surface area contributed by atoms with E-state index in [-0.39, 0.29) is 10.9 Å². The molecule has 1 aromatic carbocycles. The summed E-state index contributed by atoms with van der Waals surface area (Å²) >= 11 is 0. The molecule has 2 unspecified atom stereocenters. The first-order valence-electron chi connectivity index (χ1n) is 6.77. The Morgan fingerprint density at radius 1 is 1.21 bits per heavy atom. The molecule has 2 atom stereocenters. The number of nitrogens with one attached hydrogen (secondary N) is 1. The Kier molecular flexibility index (Phi) is 4.28. The smallest absolute Gasteiger partial charge is 0.238 e. The highest BCUT2D eigenvalue weighted by molar-refractivity contribution is 7.89. The topological polar surface area (TPSA) is 72.2 Å². The van der Waals surface area contributed by atoms with Gasteiger partial charge in [-0.3, -0.25) is 0 Å². The zero-order chi connectivity index (χ0) is 14.0. The zero-order valence-corrected chi connectivity index (χ0v) is 12.3. The predicted octanol–water partition coefficient (Wildman–Crippen LogP) is 2.17. The highest BCUT2D eigenvalue weighted by Gasteiger charge is 2.24. The molecule has 3 N–H and O–H groups in total. The molecule has 0 heterocycles. The Morgan fingerprint density at radius 2 is 1.79 bits per heavy atom. The van der Waals surface area contributed by atoms with Crippen LogP contribution in [-0.2, 0) is 10.0 Å². The third-order valence-electron chi connectivity index (χ3n) is 4.08. The molecule has 0 aromatic heterocycles. The second kappa shape index (κ2) is 5.61. The second-order valence-electron chi connectivity index (χ2n) is 5.48. The summed E-state index contributed by atoms with van der Waals surface area (Å²) in [7, 11) is -3.60. The molecular weight excluding hydrogens is 260 g/mol. The first kappa shape index (κ1) is 14.5. The van der Waals surface area contributed by atoms with E-state index in [0.717, 1.165) is 11.5 Å². The molecule has 5 heteroatoms. The molecule has 0 spiro atoms. The summed E-state index contributed by atoms with van der Waals surface area (Å²) in [5.41, 5.74) is 1.08. The quantitative estimate of drug-likeness (QED) is 0.869. The van der Waals surface area contributed by atoms with Crippen molar-refractivity contribution in [2.45, 2.75) is 50.1 Å². The normalized spacial score (nSPS) is 19.7. The number of sulfonamides is 1. The number of hydrogen-bond donors (Lipinski definition) is 2. The van der Waals surface area contributed by atoms with Crippen molar-refractivity contribution in [2.24, 2.45) is 11.1 Å². The molecule has 1 fully saturated rings. The first-order valence-corrected chi connectivity index (χ1v) is 8.31. The van der Waals surface area contributed by atoms with E-state index in [1.807, 2.05) is 12.1 Å². The summed E-state index contributed by atoms with van der Waals surface area (Å²) in [6, 6.07) is 7.50. The minimum absolute atomic E-state index is 0.162. The molecule has 1 aromatic rings. The van der Waals surface area contributed by atoms with Crippen LogP contribution in [0.5, 0.6) is 0 Å². The van der Waals surface area contributed by atoms with Crippen LogP contribution in [0.15, 0.2) is 29.2 Å². The maximum atomic E-state index is 11.2. The van der Waals surface area contributed by atoms with Gasteiger partial charge < -0.3 is 5.32 Å². The van der Waals surface area contributed by atoms with E-state index in [1.54, 1.807) is 12.1 Å². The highest BCUT2D eigenvalue weighted by Crippen LogP contribution is 2.30. The van der Waals surface area contributed by atoms with Gasteiger partial charge in [0.25, 0.3) is 0 Å². The number of rotatable bonds is 5. The van der Waals surface area contributed by atoms with Crippen molar-refractivity contribution < 1.29 is 8.42 Å². The molecular formula is C14H22N2O2S. The van der Waals surface area contributed by atoms with Crippen molar-refractivity contribution in [2.75, 3.05) is 0 Å². The summed E-state index contributed by atoms with van der Waals surface area (Å²) < 4.78 is 22.4. The van der Waals surface area contributed by atoms with Crippen molar-refractivity contribution in [1.29, 1.82) is 0 Å². The van der Waals surface area contributed by atoms with Crippen molar-refractivity contribution in [1.82, 2.24) is 5.32 Å². The molecule has 0 saturated heterocycles. The molecule has 1 aliphatic carbocycles. The van der Waals surface area contributed by atoms with Gasteiger partial charge in [0.15, 0.2) is 0 Å². The third kappa shape index (κ3) is 3.55. The molecule has 1 saturated carbocycles. The average Bonchev–Trinajstić information content (AvgIpc) is 2.25. The van der Waals surface area contributed by atoms with Gasteiger partial charge >= 0.3 is 0 Å². The second-order valence-corrected chi connectivity index (χ2v) is 7.04. The summed E-state index contributed by atoms with van der Waals surface area (Å²) in [5, 5.41) is 8.66. The Hall–Kier alpha value is -0.910. The number of nitrogens with two attached hydrogens (primary N) is 1. The van der Waals surface area contributed by atoms with Crippen LogP contribution in [-0.4, -0.2) is 14.5 Å². The lowest BCUT2D eigenvalue weighted by molar-refractivity contribution is 0.230. The molecule has 0 amide bonds. The molecule has 0 bridgehead atoms. The van der Waals surface area contributed by atoms with Crippen molar-refractivity contribution in [3.05, 3.63) is 29.8 Å². The summed E-state index contributed by atoms with van der Waals surface area (Å²) in [4.78, 5) is 0.162. The van der Waals surface area contributed by atoms with E-state index in [4.69, 9.17) is 5.14 Å². The number of primary sulfonamides is 1. The van der Waals surface area contributed by atoms with Gasteiger partial charge in [-0.2, -0.15) is 0 Å². The fraction of sp³-hybridized carbons (Fsp3) is 0.571. The van der Waals surface area contributed by atoms with Gasteiger partial charge in [-0.15, -0.1) is 0 Å². The minimum atomic E-state index is -3.60. The van der Waals surface area contributed by atoms with Crippen LogP contribution in [0, 0.1) is 5.92 Å². The summed E-state index contributed by atoms with van der Waals surface area (Å²) in [6.07, 6.45) is 3.96. The van der Waals surface area contributed by atoms with Crippen LogP contribution < -0.4 is 10.5 Å². The van der Waals surface area contributed by atoms with Crippen LogP contribution in [0.1, 0.15) is 44.7 Å². The lowest BCUT2D eigenvalue weighted by Gasteiger charge is -2.34. The maximum Gasteiger partial charge on any atom is 0.238 e. The largest absolute Gasteiger partial charge is 0.307 e. The highest BCUT2D eigenvalue weighted by atomic mass is 32.2. The lowest BCUT2D eigenvalue weighted by atomic mass is 9.80. The minimum Gasteiger partial charge on any atom is -0.307 e. The maximum absolute atomic E-state index is 11.2. The Labute approximate surface area is 115 Å². The molecule has 0 radical (unpaired) electrons. The van der Waals surface area contributed by atoms with Gasteiger partial charge in [-0.05, 0) is 50.3 Å². The van der Waals surface area contributed by atoms with E-state index in [1.165, 1.54) is 19.3 Å². The van der Waals surface area contributed by atoms with Crippen LogP contribution >= 0.6 is 0 Å². The SMILES string of the molecule is CC(NC(C)C1CCC1)c1ccc(S(N)(=O)=O)cc1. The first-order chi connectivity index (χ1) is 8.88. The molecule has 1 aliphatic rings. The van der Waals surface area contributed by atoms with Gasteiger partial charge in [-0.1, -0.05) is 18.6 Å². The van der Waals surface area contributed by atoms with E-state index >= 15 is 0 Å². The van der Waals surface area contributed by atoms with Gasteiger partial charge in [-0.25, -0.2) is 13.6 Å². The Morgan fingerprint density at radius 3 is 2.21 bits per heavy atom. The van der Waals surface area contributed by atoms with Crippen molar-refractivity contribution in [3.63, 3.8) is 0 Å². The van der Waals surface area contributed by atoms with E-state index in [9.17, 15) is 8.42 Å². The number of hydrogen-bond acceptors (Lipinski definition) is 3. The van der Waals surface area contributed by atoms with Crippen molar-refractivity contribution >= 4 is 10.0 Å². The van der Waals surface area contributed by atoms with Crippen LogP contribution in [0.3, 0.4) is 0 Å². The fourth-order valence-electron chi connectivity index (χ4n) is 2.51. The summed E-state index contributed by atoms with van der Waals surface area (Å²) in [6.45, 7) is 4.32. The molecule has 19 heavy (non-hydrogen) atoms. The van der Waals surface area contributed by atoms with Crippen molar-refractivity contribution in [3.8, 4) is 0 Å². The molecule has 4 nitrogen and oxygen atoms in total. The summed E-state index contributed by atoms with van der Waals surface area (Å²) in [5.74, 6) is 0.783. The lowest BCUT2D eigenvalue weighted by Crippen LogP contribution is -2.38. The van der Waals surface area contributed by atoms with Crippen LogP contribution in [0.2, 0.25) is 0 Å². The van der Waals surface area contributed by atoms with Gasteiger partial charge in [0, 0.05) is 12.1 Å². The van der Waals surface area contributed by atoms with Crippen LogP contribution in [0.25, 0.3) is 0 Å². The van der Waals surface area contributed by atoms with E-state index in [2.05, 4.69) is 19.2 Å². The van der Waals surface area contributed by atoms with Gasteiger partial charge in [0.2, 0.25) is 10.0 Å². The van der Waals surface area contributed by atoms with Gasteiger partial charge in [0.05, 0.1) is 4.90 Å². The third-order valence-corrected chi connectivity index (χ3v) is 5.01. The van der Waals surface area contributed by atoms with Gasteiger partial charge in [0.1, 0.15) is 0 Å². The Balaban J connectivity index is 2.01. The van der Waals surface area contributed by atoms with E-state index < -0.39 is 10.0 Å². The number of benzene rings is 1. The monoisotopic (exact) mass is 282 g/mol. The van der Waals surface area contributed by atoms with E-state index in [0.29, 0.717) is 6.04 Å². The predicted molar refractivity (Wildman–Crippen MR) is 76.2 cm³/mol. The molecule has 2 rings (SSSR count). The zero-order valence-electron chi connectivity index (χ0n) is 11.5.